The molecule has 7 heteroatoms. The fraction of sp³-hybridized carbons (Fsp3) is 0.375. The number of hydrogen-bond donors (Lipinski definition) is 1. The van der Waals surface area contributed by atoms with E-state index in [1.165, 1.54) is 0 Å². The molecular formula is C24H26N4O3. The molecule has 0 aliphatic carbocycles. The molecule has 2 aliphatic rings. The number of methoxy groups -OCH3 is 1. The maximum atomic E-state index is 13.5. The number of nitrogens with one attached hydrogen (secondary N) is 1. The molecule has 3 aromatic rings. The monoisotopic (exact) mass is 418 g/mol. The molecule has 160 valence electrons. The van der Waals surface area contributed by atoms with Gasteiger partial charge in [0.1, 0.15) is 11.6 Å². The van der Waals surface area contributed by atoms with Gasteiger partial charge in [-0.15, -0.1) is 0 Å². The average molecular weight is 418 g/mol. The topological polar surface area (TPSA) is 79.8 Å². The molecule has 1 N–H and O–H groups in total. The molecule has 31 heavy (non-hydrogen) atoms. The molecule has 0 radical (unpaired) electrons. The molecule has 2 aromatic carbocycles. The van der Waals surface area contributed by atoms with Crippen LogP contribution in [0.3, 0.4) is 0 Å². The van der Waals surface area contributed by atoms with E-state index in [0.29, 0.717) is 13.0 Å². The summed E-state index contributed by atoms with van der Waals surface area (Å²) in [5, 5.41) is 4.26. The maximum absolute atomic E-state index is 13.5. The van der Waals surface area contributed by atoms with Crippen LogP contribution >= 0.6 is 0 Å². The number of nitrogens with zero attached hydrogens (tertiary/aromatic N) is 3. The summed E-state index contributed by atoms with van der Waals surface area (Å²) in [5.41, 5.74) is 2.58. The van der Waals surface area contributed by atoms with Crippen molar-refractivity contribution in [3.8, 4) is 5.75 Å². The zero-order chi connectivity index (χ0) is 21.4. The Morgan fingerprint density at radius 1 is 1.23 bits per heavy atom. The number of aromatic nitrogens is 2. The number of aromatic amines is 1. The van der Waals surface area contributed by atoms with Gasteiger partial charge < -0.3 is 19.5 Å². The normalized spacial score (nSPS) is 23.5. The number of ether oxygens (including phenoxy) is 1. The Morgan fingerprint density at radius 2 is 2.03 bits per heavy atom. The fourth-order valence-electron chi connectivity index (χ4n) is 4.57. The van der Waals surface area contributed by atoms with E-state index >= 15 is 0 Å². The number of hydrogen-bond acceptors (Lipinski definition) is 5. The van der Waals surface area contributed by atoms with Crippen LogP contribution in [0.1, 0.15) is 43.5 Å². The van der Waals surface area contributed by atoms with Crippen LogP contribution in [0, 0.1) is 0 Å². The predicted molar refractivity (Wildman–Crippen MR) is 118 cm³/mol. The summed E-state index contributed by atoms with van der Waals surface area (Å²) in [6.45, 7) is 3.17. The molecule has 7 nitrogen and oxygen atoms in total. The summed E-state index contributed by atoms with van der Waals surface area (Å²) in [4.78, 5) is 29.3. The lowest BCUT2D eigenvalue weighted by Gasteiger charge is -2.35. The fourth-order valence-corrected chi connectivity index (χ4v) is 4.57. The minimum atomic E-state index is -1.01. The van der Waals surface area contributed by atoms with Gasteiger partial charge in [-0.25, -0.2) is 4.98 Å². The Kier molecular flexibility index (Phi) is 4.88. The number of carbonyl (C=O) groups excluding carboxylic acids is 1. The van der Waals surface area contributed by atoms with E-state index in [1.807, 2.05) is 60.4 Å². The summed E-state index contributed by atoms with van der Waals surface area (Å²) in [7, 11) is 1.63. The van der Waals surface area contributed by atoms with Gasteiger partial charge in [0, 0.05) is 31.0 Å². The number of imidazole rings is 1. The molecule has 0 spiro atoms. The van der Waals surface area contributed by atoms with Crippen LogP contribution in [0.4, 0.5) is 0 Å². The average Bonchev–Trinajstić information content (AvgIpc) is 3.43. The number of para-hydroxylation sites is 3. The molecule has 2 unspecified atom stereocenters. The van der Waals surface area contributed by atoms with Crippen molar-refractivity contribution >= 4 is 22.7 Å². The summed E-state index contributed by atoms with van der Waals surface area (Å²) in [6, 6.07) is 15.7. The van der Waals surface area contributed by atoms with E-state index in [-0.39, 0.29) is 11.8 Å². The first-order valence-corrected chi connectivity index (χ1v) is 10.7. The van der Waals surface area contributed by atoms with Crippen molar-refractivity contribution in [1.82, 2.24) is 14.9 Å². The number of piperidine rings is 1. The number of likely N-dealkylation sites (tertiary alicyclic amines) is 1. The van der Waals surface area contributed by atoms with Crippen LogP contribution in [0.2, 0.25) is 0 Å². The Bertz CT molecular complexity index is 1120. The Hall–Kier alpha value is -3.35. The minimum Gasteiger partial charge on any atom is -0.496 e. The smallest absolute Gasteiger partial charge is 0.269 e. The van der Waals surface area contributed by atoms with Gasteiger partial charge in [0.2, 0.25) is 5.60 Å². The number of rotatable bonds is 4. The number of fused-ring (bicyclic) bond motifs is 1. The third-order valence-electron chi connectivity index (χ3n) is 6.24. The zero-order valence-electron chi connectivity index (χ0n) is 17.8. The van der Waals surface area contributed by atoms with Gasteiger partial charge in [-0.1, -0.05) is 29.4 Å². The maximum Gasteiger partial charge on any atom is 0.269 e. The molecule has 1 saturated heterocycles. The molecule has 2 atom stereocenters. The summed E-state index contributed by atoms with van der Waals surface area (Å²) >= 11 is 0. The van der Waals surface area contributed by atoms with Crippen molar-refractivity contribution in [2.45, 2.75) is 37.7 Å². The minimum absolute atomic E-state index is 0.0260. The highest BCUT2D eigenvalue weighted by atomic mass is 16.7. The second kappa shape index (κ2) is 7.72. The second-order valence-electron chi connectivity index (χ2n) is 8.47. The molecule has 3 heterocycles. The van der Waals surface area contributed by atoms with Gasteiger partial charge in [-0.3, -0.25) is 4.79 Å². The van der Waals surface area contributed by atoms with Crippen molar-refractivity contribution in [2.24, 2.45) is 5.16 Å². The number of H-pyrrole nitrogens is 1. The van der Waals surface area contributed by atoms with Gasteiger partial charge in [0.25, 0.3) is 5.91 Å². The van der Waals surface area contributed by atoms with E-state index in [2.05, 4.69) is 10.1 Å². The molecule has 1 aromatic heterocycles. The molecule has 5 rings (SSSR count). The first-order chi connectivity index (χ1) is 15.1. The largest absolute Gasteiger partial charge is 0.496 e. The summed E-state index contributed by atoms with van der Waals surface area (Å²) in [5.74, 6) is 1.83. The van der Waals surface area contributed by atoms with Crippen LogP contribution in [0.15, 0.2) is 53.7 Å². The van der Waals surface area contributed by atoms with E-state index < -0.39 is 5.60 Å². The second-order valence-corrected chi connectivity index (χ2v) is 8.47. The highest BCUT2D eigenvalue weighted by molar-refractivity contribution is 6.07. The third kappa shape index (κ3) is 3.54. The van der Waals surface area contributed by atoms with E-state index in [0.717, 1.165) is 53.3 Å². The molecule has 0 saturated carbocycles. The number of amides is 1. The molecule has 2 aliphatic heterocycles. The Morgan fingerprint density at radius 3 is 2.87 bits per heavy atom. The summed E-state index contributed by atoms with van der Waals surface area (Å²) in [6.07, 6.45) is 2.35. The van der Waals surface area contributed by atoms with Gasteiger partial charge in [0.05, 0.1) is 23.9 Å². The van der Waals surface area contributed by atoms with Crippen molar-refractivity contribution in [2.75, 3.05) is 20.2 Å². The van der Waals surface area contributed by atoms with Crippen LogP contribution in [0.25, 0.3) is 11.0 Å². The first-order valence-electron chi connectivity index (χ1n) is 10.7. The highest BCUT2D eigenvalue weighted by Gasteiger charge is 2.46. The SMILES string of the molecule is COc1ccccc1C1=NOC(C)(C(=O)N2CCCC(c3nc4ccccc4[nH]3)C2)C1. The first kappa shape index (κ1) is 19.6. The Balaban J connectivity index is 1.31. The van der Waals surface area contributed by atoms with E-state index in [9.17, 15) is 4.79 Å². The van der Waals surface area contributed by atoms with E-state index in [4.69, 9.17) is 14.6 Å². The Labute approximate surface area is 181 Å². The lowest BCUT2D eigenvalue weighted by Crippen LogP contribution is -2.50. The quantitative estimate of drug-likeness (QED) is 0.698. The van der Waals surface area contributed by atoms with Gasteiger partial charge in [0.15, 0.2) is 0 Å². The predicted octanol–water partition coefficient (Wildman–Crippen LogP) is 3.86. The van der Waals surface area contributed by atoms with Gasteiger partial charge in [-0.2, -0.15) is 0 Å². The van der Waals surface area contributed by atoms with Crippen molar-refractivity contribution in [3.63, 3.8) is 0 Å². The zero-order valence-corrected chi connectivity index (χ0v) is 17.8. The van der Waals surface area contributed by atoms with Gasteiger partial charge >= 0.3 is 0 Å². The van der Waals surface area contributed by atoms with E-state index in [1.54, 1.807) is 7.11 Å². The number of carbonyl (C=O) groups is 1. The standard InChI is InChI=1S/C24H26N4O3/c1-24(14-20(27-31-24)17-9-3-6-12-21(17)30-2)23(29)28-13-7-8-16(15-28)22-25-18-10-4-5-11-19(18)26-22/h3-6,9-12,16H,7-8,13-15H2,1-2H3,(H,25,26). The molecular weight excluding hydrogens is 392 g/mol. The summed E-state index contributed by atoms with van der Waals surface area (Å²) < 4.78 is 5.45. The number of oxime groups is 1. The third-order valence-corrected chi connectivity index (χ3v) is 6.24. The van der Waals surface area contributed by atoms with Crippen LogP contribution in [0.5, 0.6) is 5.75 Å². The molecule has 1 fully saturated rings. The lowest BCUT2D eigenvalue weighted by molar-refractivity contribution is -0.154. The van der Waals surface area contributed by atoms with Crippen LogP contribution in [-0.4, -0.2) is 52.3 Å². The highest BCUT2D eigenvalue weighted by Crippen LogP contribution is 2.34. The molecule has 0 bridgehead atoms. The van der Waals surface area contributed by atoms with Crippen molar-refractivity contribution < 1.29 is 14.4 Å². The van der Waals surface area contributed by atoms with Crippen molar-refractivity contribution in [1.29, 1.82) is 0 Å². The lowest BCUT2D eigenvalue weighted by atomic mass is 9.91. The van der Waals surface area contributed by atoms with Crippen LogP contribution in [-0.2, 0) is 9.63 Å². The van der Waals surface area contributed by atoms with Gasteiger partial charge in [-0.05, 0) is 44.0 Å². The van der Waals surface area contributed by atoms with Crippen LogP contribution < -0.4 is 4.74 Å². The number of benzene rings is 2. The van der Waals surface area contributed by atoms with Crippen molar-refractivity contribution in [3.05, 3.63) is 59.9 Å². The molecule has 1 amide bonds.